The normalized spacial score (nSPS) is 20.8. The summed E-state index contributed by atoms with van der Waals surface area (Å²) in [6.45, 7) is 9.38. The lowest BCUT2D eigenvalue weighted by Gasteiger charge is -2.19. The molecule has 1 aliphatic heterocycles. The highest BCUT2D eigenvalue weighted by Crippen LogP contribution is 2.30. The summed E-state index contributed by atoms with van der Waals surface area (Å²) in [6.07, 6.45) is 0.950. The molecule has 74 valence electrons. The van der Waals surface area contributed by atoms with Crippen molar-refractivity contribution in [1.29, 1.82) is 0 Å². The number of hydrogen-bond donors (Lipinski definition) is 1. The van der Waals surface area contributed by atoms with Crippen LogP contribution in [0.3, 0.4) is 0 Å². The van der Waals surface area contributed by atoms with Crippen molar-refractivity contribution in [3.05, 3.63) is 12.2 Å². The van der Waals surface area contributed by atoms with Gasteiger partial charge in [-0.15, -0.1) is 0 Å². The summed E-state index contributed by atoms with van der Waals surface area (Å²) < 4.78 is 0. The van der Waals surface area contributed by atoms with Gasteiger partial charge in [-0.1, -0.05) is 20.4 Å². The molecule has 0 aliphatic carbocycles. The molecule has 1 amide bonds. The molecule has 1 fully saturated rings. The Kier molecular flexibility index (Phi) is 3.06. The highest BCUT2D eigenvalue weighted by molar-refractivity contribution is 7.80. The minimum Gasteiger partial charge on any atom is -0.338 e. The van der Waals surface area contributed by atoms with E-state index in [0.717, 1.165) is 18.5 Å². The summed E-state index contributed by atoms with van der Waals surface area (Å²) in [5.74, 6) is 0.903. The number of likely N-dealkylation sites (tertiary alicyclic amines) is 1. The second-order valence-corrected chi connectivity index (χ2v) is 4.58. The molecule has 0 bridgehead atoms. The number of carbonyl (C=O) groups excluding carboxylic acids is 1. The molecule has 1 saturated heterocycles. The number of amides is 1. The third-order valence-corrected chi connectivity index (χ3v) is 2.96. The minimum atomic E-state index is -0.170. The highest BCUT2D eigenvalue weighted by atomic mass is 32.1. The second kappa shape index (κ2) is 3.74. The zero-order valence-electron chi connectivity index (χ0n) is 8.34. The first-order chi connectivity index (χ1) is 5.97. The monoisotopic (exact) mass is 199 g/mol. The molecule has 0 unspecified atom stereocenters. The van der Waals surface area contributed by atoms with Crippen LogP contribution in [0.1, 0.15) is 20.3 Å². The molecule has 0 radical (unpaired) electrons. The van der Waals surface area contributed by atoms with Gasteiger partial charge in [-0.25, -0.2) is 0 Å². The number of hydrogen-bond acceptors (Lipinski definition) is 2. The molecular weight excluding hydrogens is 182 g/mol. The molecule has 0 N–H and O–H groups in total. The van der Waals surface area contributed by atoms with Gasteiger partial charge in [0.05, 0.1) is 0 Å². The molecule has 1 heterocycles. The van der Waals surface area contributed by atoms with Gasteiger partial charge < -0.3 is 4.90 Å². The van der Waals surface area contributed by atoms with Crippen molar-refractivity contribution in [2.45, 2.75) is 20.3 Å². The van der Waals surface area contributed by atoms with Crippen LogP contribution in [0.2, 0.25) is 0 Å². The van der Waals surface area contributed by atoms with E-state index in [1.165, 1.54) is 0 Å². The van der Waals surface area contributed by atoms with E-state index in [1.807, 2.05) is 18.7 Å². The Labute approximate surface area is 85.4 Å². The van der Waals surface area contributed by atoms with Crippen molar-refractivity contribution in [3.8, 4) is 0 Å². The average Bonchev–Trinajstić information content (AvgIpc) is 2.32. The largest absolute Gasteiger partial charge is 0.338 e. The van der Waals surface area contributed by atoms with Crippen LogP contribution in [0.5, 0.6) is 0 Å². The van der Waals surface area contributed by atoms with E-state index in [9.17, 15) is 4.79 Å². The fourth-order valence-corrected chi connectivity index (χ4v) is 1.62. The second-order valence-electron chi connectivity index (χ2n) is 4.27. The fourth-order valence-electron chi connectivity index (χ4n) is 1.52. The lowest BCUT2D eigenvalue weighted by atomic mass is 9.92. The maximum Gasteiger partial charge on any atom is 0.228 e. The average molecular weight is 199 g/mol. The zero-order valence-corrected chi connectivity index (χ0v) is 9.23. The van der Waals surface area contributed by atoms with Crippen LogP contribution in [-0.4, -0.2) is 29.6 Å². The number of nitrogens with zero attached hydrogens (tertiary/aromatic N) is 1. The Morgan fingerprint density at radius 3 is 2.69 bits per heavy atom. The van der Waals surface area contributed by atoms with E-state index in [0.29, 0.717) is 12.3 Å². The maximum absolute atomic E-state index is 11.7. The van der Waals surface area contributed by atoms with Crippen molar-refractivity contribution in [2.75, 3.05) is 18.8 Å². The summed E-state index contributed by atoms with van der Waals surface area (Å²) in [6, 6.07) is 0. The number of rotatable bonds is 3. The first kappa shape index (κ1) is 10.6. The van der Waals surface area contributed by atoms with Crippen molar-refractivity contribution in [3.63, 3.8) is 0 Å². The van der Waals surface area contributed by atoms with Gasteiger partial charge >= 0.3 is 0 Å². The van der Waals surface area contributed by atoms with Gasteiger partial charge in [0.2, 0.25) is 5.91 Å². The number of carbonyl (C=O) groups is 1. The van der Waals surface area contributed by atoms with Crippen LogP contribution in [0, 0.1) is 5.41 Å². The van der Waals surface area contributed by atoms with Crippen molar-refractivity contribution in [1.82, 2.24) is 4.90 Å². The Morgan fingerprint density at radius 2 is 2.31 bits per heavy atom. The molecular formula is C10H17NOS. The van der Waals surface area contributed by atoms with E-state index in [1.54, 1.807) is 0 Å². The maximum atomic E-state index is 11.7. The van der Waals surface area contributed by atoms with Gasteiger partial charge in [-0.05, 0) is 12.0 Å². The summed E-state index contributed by atoms with van der Waals surface area (Å²) in [5, 5.41) is 0. The Hall–Kier alpha value is -0.440. The van der Waals surface area contributed by atoms with Crippen LogP contribution in [0.25, 0.3) is 0 Å². The van der Waals surface area contributed by atoms with E-state index >= 15 is 0 Å². The quantitative estimate of drug-likeness (QED) is 0.542. The Morgan fingerprint density at radius 1 is 1.69 bits per heavy atom. The Balaban J connectivity index is 2.56. The predicted molar refractivity (Wildman–Crippen MR) is 58.0 cm³/mol. The smallest absolute Gasteiger partial charge is 0.228 e. The predicted octanol–water partition coefficient (Wildman–Crippen LogP) is 1.73. The van der Waals surface area contributed by atoms with E-state index in [4.69, 9.17) is 0 Å². The molecule has 0 atom stereocenters. The standard InChI is InChI=1S/C10H17NOS/c1-8(7-13)6-11-5-4-10(2,3)9(11)12/h13H,1,4-7H2,2-3H3. The molecule has 1 rings (SSSR count). The van der Waals surface area contributed by atoms with Gasteiger partial charge in [-0.2, -0.15) is 12.6 Å². The summed E-state index contributed by atoms with van der Waals surface area (Å²) >= 11 is 4.12. The molecule has 13 heavy (non-hydrogen) atoms. The Bertz CT molecular complexity index is 235. The van der Waals surface area contributed by atoms with E-state index in [2.05, 4.69) is 19.2 Å². The molecule has 3 heteroatoms. The molecule has 1 aliphatic rings. The summed E-state index contributed by atoms with van der Waals surface area (Å²) in [5.41, 5.74) is 0.839. The molecule has 0 spiro atoms. The topological polar surface area (TPSA) is 20.3 Å². The van der Waals surface area contributed by atoms with Crippen LogP contribution in [-0.2, 0) is 4.79 Å². The van der Waals surface area contributed by atoms with Crippen molar-refractivity contribution >= 4 is 18.5 Å². The van der Waals surface area contributed by atoms with Gasteiger partial charge in [0.1, 0.15) is 0 Å². The van der Waals surface area contributed by atoms with E-state index < -0.39 is 0 Å². The van der Waals surface area contributed by atoms with Gasteiger partial charge in [0, 0.05) is 24.3 Å². The number of thiol groups is 1. The fraction of sp³-hybridized carbons (Fsp3) is 0.700. The molecule has 0 aromatic heterocycles. The lowest BCUT2D eigenvalue weighted by molar-refractivity contribution is -0.134. The van der Waals surface area contributed by atoms with E-state index in [-0.39, 0.29) is 11.3 Å². The van der Waals surface area contributed by atoms with Gasteiger partial charge in [0.15, 0.2) is 0 Å². The molecule has 0 aromatic carbocycles. The van der Waals surface area contributed by atoms with Crippen molar-refractivity contribution in [2.24, 2.45) is 5.41 Å². The lowest BCUT2D eigenvalue weighted by Crippen LogP contribution is -2.32. The van der Waals surface area contributed by atoms with Gasteiger partial charge in [-0.3, -0.25) is 4.79 Å². The highest BCUT2D eigenvalue weighted by Gasteiger charge is 2.38. The molecule has 0 saturated carbocycles. The summed E-state index contributed by atoms with van der Waals surface area (Å²) in [4.78, 5) is 13.6. The molecule has 2 nitrogen and oxygen atoms in total. The third-order valence-electron chi connectivity index (χ3n) is 2.51. The van der Waals surface area contributed by atoms with Crippen LogP contribution >= 0.6 is 12.6 Å². The van der Waals surface area contributed by atoms with Crippen LogP contribution in [0.15, 0.2) is 12.2 Å². The summed E-state index contributed by atoms with van der Waals surface area (Å²) in [7, 11) is 0. The first-order valence-electron chi connectivity index (χ1n) is 4.54. The van der Waals surface area contributed by atoms with Crippen molar-refractivity contribution < 1.29 is 4.79 Å². The SMILES string of the molecule is C=C(CS)CN1CCC(C)(C)C1=O. The zero-order chi connectivity index (χ0) is 10.1. The third kappa shape index (κ3) is 2.27. The van der Waals surface area contributed by atoms with Crippen LogP contribution < -0.4 is 0 Å². The minimum absolute atomic E-state index is 0.170. The van der Waals surface area contributed by atoms with Crippen LogP contribution in [0.4, 0.5) is 0 Å². The first-order valence-corrected chi connectivity index (χ1v) is 5.17. The molecule has 0 aromatic rings. The van der Waals surface area contributed by atoms with Gasteiger partial charge in [0.25, 0.3) is 0 Å².